The van der Waals surface area contributed by atoms with Crippen molar-refractivity contribution >= 4 is 5.91 Å². The average Bonchev–Trinajstić information content (AvgIpc) is 2.72. The summed E-state index contributed by atoms with van der Waals surface area (Å²) in [4.78, 5) is 11.0. The smallest absolute Gasteiger partial charge is 0.234 e. The standard InChI is InChI=1S/C11H14N2O3/c1-7-4-9-10(16-6-15-9)5-8(7)2-3-11(14)13-12/h4-5H,2-3,6,12H2,1H3,(H,13,14). The van der Waals surface area contributed by atoms with Crippen LogP contribution < -0.4 is 20.7 Å². The molecule has 0 aliphatic carbocycles. The fourth-order valence-corrected chi connectivity index (χ4v) is 1.68. The number of hydrogen-bond donors (Lipinski definition) is 2. The first-order valence-electron chi connectivity index (χ1n) is 5.09. The molecule has 16 heavy (non-hydrogen) atoms. The molecular weight excluding hydrogens is 208 g/mol. The van der Waals surface area contributed by atoms with Crippen LogP contribution in [0.15, 0.2) is 12.1 Å². The van der Waals surface area contributed by atoms with E-state index in [-0.39, 0.29) is 12.7 Å². The van der Waals surface area contributed by atoms with Crippen molar-refractivity contribution in [3.05, 3.63) is 23.3 Å². The number of ether oxygens (including phenoxy) is 2. The molecule has 0 aromatic heterocycles. The van der Waals surface area contributed by atoms with Gasteiger partial charge in [-0.3, -0.25) is 10.2 Å². The van der Waals surface area contributed by atoms with Crippen LogP contribution in [0, 0.1) is 6.92 Å². The van der Waals surface area contributed by atoms with Gasteiger partial charge in [-0.25, -0.2) is 5.84 Å². The number of amides is 1. The van der Waals surface area contributed by atoms with Crippen LogP contribution in [0.3, 0.4) is 0 Å². The molecule has 5 heteroatoms. The van der Waals surface area contributed by atoms with Gasteiger partial charge in [0.15, 0.2) is 11.5 Å². The van der Waals surface area contributed by atoms with Crippen molar-refractivity contribution in [2.45, 2.75) is 19.8 Å². The number of hydrogen-bond acceptors (Lipinski definition) is 4. The molecule has 0 radical (unpaired) electrons. The summed E-state index contributed by atoms with van der Waals surface area (Å²) in [6, 6.07) is 3.85. The Morgan fingerprint density at radius 2 is 2.12 bits per heavy atom. The highest BCUT2D eigenvalue weighted by Crippen LogP contribution is 2.34. The zero-order valence-electron chi connectivity index (χ0n) is 9.08. The van der Waals surface area contributed by atoms with E-state index in [1.54, 1.807) is 0 Å². The summed E-state index contributed by atoms with van der Waals surface area (Å²) in [5.41, 5.74) is 4.28. The number of hydrazine groups is 1. The van der Waals surface area contributed by atoms with E-state index in [4.69, 9.17) is 15.3 Å². The monoisotopic (exact) mass is 222 g/mol. The summed E-state index contributed by atoms with van der Waals surface area (Å²) in [5.74, 6) is 6.36. The summed E-state index contributed by atoms with van der Waals surface area (Å²) in [7, 11) is 0. The number of fused-ring (bicyclic) bond motifs is 1. The van der Waals surface area contributed by atoms with Crippen LogP contribution in [-0.4, -0.2) is 12.7 Å². The van der Waals surface area contributed by atoms with E-state index in [1.807, 2.05) is 19.1 Å². The van der Waals surface area contributed by atoms with Crippen molar-refractivity contribution in [3.63, 3.8) is 0 Å². The van der Waals surface area contributed by atoms with Gasteiger partial charge >= 0.3 is 0 Å². The summed E-state index contributed by atoms with van der Waals surface area (Å²) < 4.78 is 10.5. The zero-order valence-corrected chi connectivity index (χ0v) is 9.08. The van der Waals surface area contributed by atoms with Crippen molar-refractivity contribution in [2.24, 2.45) is 5.84 Å². The normalized spacial score (nSPS) is 12.6. The Morgan fingerprint density at radius 1 is 1.44 bits per heavy atom. The molecule has 2 rings (SSSR count). The van der Waals surface area contributed by atoms with E-state index in [9.17, 15) is 4.79 Å². The van der Waals surface area contributed by atoms with Gasteiger partial charge in [-0.15, -0.1) is 0 Å². The number of nitrogens with two attached hydrogens (primary N) is 1. The number of carbonyl (C=O) groups is 1. The number of benzene rings is 1. The van der Waals surface area contributed by atoms with Gasteiger partial charge in [-0.1, -0.05) is 0 Å². The van der Waals surface area contributed by atoms with Crippen molar-refractivity contribution in [3.8, 4) is 11.5 Å². The number of nitrogens with one attached hydrogen (secondary N) is 1. The topological polar surface area (TPSA) is 73.6 Å². The lowest BCUT2D eigenvalue weighted by Crippen LogP contribution is -2.30. The lowest BCUT2D eigenvalue weighted by molar-refractivity contribution is -0.121. The van der Waals surface area contributed by atoms with E-state index in [0.717, 1.165) is 22.6 Å². The van der Waals surface area contributed by atoms with Gasteiger partial charge < -0.3 is 9.47 Å². The molecule has 1 aliphatic rings. The molecule has 1 amide bonds. The summed E-state index contributed by atoms with van der Waals surface area (Å²) in [5, 5.41) is 0. The highest BCUT2D eigenvalue weighted by molar-refractivity contribution is 5.75. The molecule has 5 nitrogen and oxygen atoms in total. The molecule has 1 aromatic carbocycles. The van der Waals surface area contributed by atoms with Gasteiger partial charge in [0.05, 0.1) is 0 Å². The van der Waals surface area contributed by atoms with Crippen molar-refractivity contribution < 1.29 is 14.3 Å². The van der Waals surface area contributed by atoms with Crippen LogP contribution in [0.5, 0.6) is 11.5 Å². The van der Waals surface area contributed by atoms with Gasteiger partial charge in [-0.05, 0) is 36.6 Å². The Hall–Kier alpha value is -1.75. The maximum absolute atomic E-state index is 11.0. The van der Waals surface area contributed by atoms with Crippen molar-refractivity contribution in [1.82, 2.24) is 5.43 Å². The van der Waals surface area contributed by atoms with E-state index in [0.29, 0.717) is 12.8 Å². The highest BCUT2D eigenvalue weighted by atomic mass is 16.7. The third-order valence-electron chi connectivity index (χ3n) is 2.61. The predicted octanol–water partition coefficient (Wildman–Crippen LogP) is 0.646. The molecule has 1 heterocycles. The summed E-state index contributed by atoms with van der Waals surface area (Å²) >= 11 is 0. The lowest BCUT2D eigenvalue weighted by Gasteiger charge is -2.06. The minimum atomic E-state index is -0.169. The second kappa shape index (κ2) is 4.40. The third-order valence-corrected chi connectivity index (χ3v) is 2.61. The Morgan fingerprint density at radius 3 is 2.81 bits per heavy atom. The quantitative estimate of drug-likeness (QED) is 0.447. The highest BCUT2D eigenvalue weighted by Gasteiger charge is 2.15. The molecular formula is C11H14N2O3. The van der Waals surface area contributed by atoms with Crippen molar-refractivity contribution in [1.29, 1.82) is 0 Å². The summed E-state index contributed by atoms with van der Waals surface area (Å²) in [6.07, 6.45) is 1.02. The largest absolute Gasteiger partial charge is 0.454 e. The van der Waals surface area contributed by atoms with Crippen LogP contribution >= 0.6 is 0 Å². The molecule has 0 spiro atoms. The first-order chi connectivity index (χ1) is 7.70. The fourth-order valence-electron chi connectivity index (χ4n) is 1.68. The first-order valence-corrected chi connectivity index (χ1v) is 5.09. The predicted molar refractivity (Wildman–Crippen MR) is 58.0 cm³/mol. The minimum absolute atomic E-state index is 0.169. The molecule has 1 aliphatic heterocycles. The molecule has 0 unspecified atom stereocenters. The maximum atomic E-state index is 11.0. The van der Waals surface area contributed by atoms with Gasteiger partial charge in [0.2, 0.25) is 12.7 Å². The van der Waals surface area contributed by atoms with E-state index >= 15 is 0 Å². The summed E-state index contributed by atoms with van der Waals surface area (Å²) in [6.45, 7) is 2.25. The molecule has 0 saturated heterocycles. The van der Waals surface area contributed by atoms with Crippen LogP contribution in [0.2, 0.25) is 0 Å². The van der Waals surface area contributed by atoms with Crippen molar-refractivity contribution in [2.75, 3.05) is 6.79 Å². The Kier molecular flexibility index (Phi) is 2.96. The molecule has 3 N–H and O–H groups in total. The van der Waals surface area contributed by atoms with Crippen LogP contribution in [0.4, 0.5) is 0 Å². The number of rotatable bonds is 3. The Bertz CT molecular complexity index is 418. The Labute approximate surface area is 93.5 Å². The van der Waals surface area contributed by atoms with Crippen LogP contribution in [0.25, 0.3) is 0 Å². The lowest BCUT2D eigenvalue weighted by atomic mass is 10.0. The molecule has 0 fully saturated rings. The van der Waals surface area contributed by atoms with Gasteiger partial charge in [-0.2, -0.15) is 0 Å². The fraction of sp³-hybridized carbons (Fsp3) is 0.364. The second-order valence-corrected chi connectivity index (χ2v) is 3.70. The minimum Gasteiger partial charge on any atom is -0.454 e. The average molecular weight is 222 g/mol. The second-order valence-electron chi connectivity index (χ2n) is 3.70. The third kappa shape index (κ3) is 2.09. The van der Waals surface area contributed by atoms with Gasteiger partial charge in [0.25, 0.3) is 0 Å². The van der Waals surface area contributed by atoms with E-state index < -0.39 is 0 Å². The van der Waals surface area contributed by atoms with Crippen LogP contribution in [0.1, 0.15) is 17.5 Å². The zero-order chi connectivity index (χ0) is 11.5. The SMILES string of the molecule is Cc1cc2c(cc1CCC(=O)NN)OCO2. The number of aryl methyl sites for hydroxylation is 2. The van der Waals surface area contributed by atoms with E-state index in [1.165, 1.54) is 0 Å². The molecule has 86 valence electrons. The van der Waals surface area contributed by atoms with Crippen LogP contribution in [-0.2, 0) is 11.2 Å². The molecule has 0 bridgehead atoms. The van der Waals surface area contributed by atoms with E-state index in [2.05, 4.69) is 5.43 Å². The molecule has 0 atom stereocenters. The first kappa shape index (κ1) is 10.8. The van der Waals surface area contributed by atoms with Gasteiger partial charge in [0.1, 0.15) is 0 Å². The number of carbonyl (C=O) groups excluding carboxylic acids is 1. The van der Waals surface area contributed by atoms with Gasteiger partial charge in [0, 0.05) is 6.42 Å². The molecule has 0 saturated carbocycles. The molecule has 1 aromatic rings. The maximum Gasteiger partial charge on any atom is 0.234 e. The Balaban J connectivity index is 2.12.